The molecule has 0 unspecified atom stereocenters. The van der Waals surface area contributed by atoms with Crippen LogP contribution < -0.4 is 10.1 Å². The summed E-state index contributed by atoms with van der Waals surface area (Å²) in [6.07, 6.45) is 0.299. The van der Waals surface area contributed by atoms with E-state index >= 15 is 0 Å². The number of hydrogen-bond acceptors (Lipinski definition) is 4. The maximum absolute atomic E-state index is 12.5. The Hall–Kier alpha value is -2.95. The van der Waals surface area contributed by atoms with E-state index in [2.05, 4.69) is 15.3 Å². The van der Waals surface area contributed by atoms with E-state index in [0.29, 0.717) is 36.1 Å². The Morgan fingerprint density at radius 1 is 1.04 bits per heavy atom. The third-order valence-corrected chi connectivity index (χ3v) is 4.02. The lowest BCUT2D eigenvalue weighted by Gasteiger charge is -2.12. The van der Waals surface area contributed by atoms with Crippen LogP contribution >= 0.6 is 0 Å². The lowest BCUT2D eigenvalue weighted by atomic mass is 10.0. The molecular formula is C20H21N3O2. The molecule has 0 radical (unpaired) electrons. The number of carbonyl (C=O) groups is 1. The summed E-state index contributed by atoms with van der Waals surface area (Å²) in [4.78, 5) is 21.1. The van der Waals surface area contributed by atoms with Gasteiger partial charge in [-0.2, -0.15) is 9.97 Å². The van der Waals surface area contributed by atoms with Gasteiger partial charge in [0.2, 0.25) is 5.91 Å². The largest absolute Gasteiger partial charge is 0.464 e. The van der Waals surface area contributed by atoms with Gasteiger partial charge in [-0.15, -0.1) is 0 Å². The zero-order valence-electron chi connectivity index (χ0n) is 14.7. The van der Waals surface area contributed by atoms with Crippen LogP contribution in [0.2, 0.25) is 0 Å². The minimum absolute atomic E-state index is 0.0877. The van der Waals surface area contributed by atoms with Crippen molar-refractivity contribution in [2.75, 3.05) is 11.9 Å². The minimum atomic E-state index is -0.0877. The van der Waals surface area contributed by atoms with Crippen molar-refractivity contribution in [2.45, 2.75) is 27.2 Å². The van der Waals surface area contributed by atoms with Gasteiger partial charge in [-0.1, -0.05) is 42.5 Å². The number of benzene rings is 2. The number of amides is 1. The van der Waals surface area contributed by atoms with E-state index < -0.39 is 0 Å². The molecule has 5 heteroatoms. The van der Waals surface area contributed by atoms with Crippen LogP contribution in [0.25, 0.3) is 10.8 Å². The topological polar surface area (TPSA) is 64.1 Å². The molecule has 0 bridgehead atoms. The summed E-state index contributed by atoms with van der Waals surface area (Å²) < 4.78 is 5.34. The van der Waals surface area contributed by atoms with Gasteiger partial charge in [0, 0.05) is 0 Å². The van der Waals surface area contributed by atoms with Gasteiger partial charge >= 0.3 is 6.01 Å². The number of carbonyl (C=O) groups excluding carboxylic acids is 1. The maximum atomic E-state index is 12.5. The fraction of sp³-hybridized carbons (Fsp3) is 0.250. The van der Waals surface area contributed by atoms with Crippen LogP contribution in [0, 0.1) is 13.8 Å². The SMILES string of the molecule is CCOc1nc(C)c(NC(=O)Cc2cccc3ccccc23)c(C)n1. The standard InChI is InChI=1S/C20H21N3O2/c1-4-25-20-21-13(2)19(14(3)22-20)23-18(24)12-16-10-7-9-15-8-5-6-11-17(15)16/h5-11H,4,12H2,1-3H3,(H,23,24). The minimum Gasteiger partial charge on any atom is -0.464 e. The third-order valence-electron chi connectivity index (χ3n) is 4.02. The highest BCUT2D eigenvalue weighted by atomic mass is 16.5. The van der Waals surface area contributed by atoms with Crippen LogP contribution in [0.3, 0.4) is 0 Å². The summed E-state index contributed by atoms with van der Waals surface area (Å²) >= 11 is 0. The van der Waals surface area contributed by atoms with Crippen LogP contribution in [0.5, 0.6) is 6.01 Å². The lowest BCUT2D eigenvalue weighted by Crippen LogP contribution is -2.17. The third kappa shape index (κ3) is 3.76. The predicted octanol–water partition coefficient (Wildman–Crippen LogP) is 3.83. The smallest absolute Gasteiger partial charge is 0.316 e. The molecule has 0 aliphatic carbocycles. The van der Waals surface area contributed by atoms with Gasteiger partial charge < -0.3 is 10.1 Å². The molecule has 0 atom stereocenters. The molecular weight excluding hydrogens is 314 g/mol. The van der Waals surface area contributed by atoms with E-state index in [1.54, 1.807) is 0 Å². The molecule has 0 aliphatic rings. The number of hydrogen-bond donors (Lipinski definition) is 1. The maximum Gasteiger partial charge on any atom is 0.316 e. The molecule has 2 aromatic carbocycles. The van der Waals surface area contributed by atoms with Crippen LogP contribution in [-0.4, -0.2) is 22.5 Å². The summed E-state index contributed by atoms with van der Waals surface area (Å²) in [7, 11) is 0. The summed E-state index contributed by atoms with van der Waals surface area (Å²) in [5.41, 5.74) is 3.04. The van der Waals surface area contributed by atoms with Crippen molar-refractivity contribution in [2.24, 2.45) is 0 Å². The van der Waals surface area contributed by atoms with Crippen molar-refractivity contribution >= 4 is 22.4 Å². The molecule has 1 amide bonds. The van der Waals surface area contributed by atoms with Gasteiger partial charge in [0.25, 0.3) is 0 Å². The van der Waals surface area contributed by atoms with Crippen molar-refractivity contribution in [1.82, 2.24) is 9.97 Å². The highest BCUT2D eigenvalue weighted by molar-refractivity contribution is 5.96. The van der Waals surface area contributed by atoms with Gasteiger partial charge in [0.1, 0.15) is 0 Å². The van der Waals surface area contributed by atoms with Gasteiger partial charge in [-0.3, -0.25) is 4.79 Å². The highest BCUT2D eigenvalue weighted by Crippen LogP contribution is 2.22. The number of fused-ring (bicyclic) bond motifs is 1. The van der Waals surface area contributed by atoms with E-state index in [-0.39, 0.29) is 5.91 Å². The van der Waals surface area contributed by atoms with Crippen LogP contribution in [0.4, 0.5) is 5.69 Å². The van der Waals surface area contributed by atoms with Gasteiger partial charge in [-0.25, -0.2) is 0 Å². The molecule has 0 spiro atoms. The normalized spacial score (nSPS) is 10.7. The molecule has 1 aromatic heterocycles. The number of nitrogens with one attached hydrogen (secondary N) is 1. The van der Waals surface area contributed by atoms with Gasteiger partial charge in [0.05, 0.1) is 30.1 Å². The van der Waals surface area contributed by atoms with Crippen LogP contribution in [0.1, 0.15) is 23.9 Å². The molecule has 3 rings (SSSR count). The first kappa shape index (κ1) is 16.9. The quantitative estimate of drug-likeness (QED) is 0.770. The fourth-order valence-electron chi connectivity index (χ4n) is 2.86. The molecule has 5 nitrogen and oxygen atoms in total. The Balaban J connectivity index is 1.81. The Morgan fingerprint density at radius 2 is 1.72 bits per heavy atom. The van der Waals surface area contributed by atoms with Crippen molar-refractivity contribution in [3.63, 3.8) is 0 Å². The second kappa shape index (κ2) is 7.30. The molecule has 128 valence electrons. The number of nitrogens with zero attached hydrogens (tertiary/aromatic N) is 2. The molecule has 0 saturated heterocycles. The van der Waals surface area contributed by atoms with Gasteiger partial charge in [0.15, 0.2) is 0 Å². The van der Waals surface area contributed by atoms with E-state index in [0.717, 1.165) is 16.3 Å². The second-order valence-electron chi connectivity index (χ2n) is 5.85. The first-order valence-corrected chi connectivity index (χ1v) is 8.33. The first-order chi connectivity index (χ1) is 12.1. The Bertz CT molecular complexity index is 893. The van der Waals surface area contributed by atoms with E-state index in [9.17, 15) is 4.79 Å². The lowest BCUT2D eigenvalue weighted by molar-refractivity contribution is -0.115. The van der Waals surface area contributed by atoms with Crippen molar-refractivity contribution in [3.8, 4) is 6.01 Å². The van der Waals surface area contributed by atoms with Crippen molar-refractivity contribution in [3.05, 3.63) is 59.4 Å². The average Bonchev–Trinajstić information content (AvgIpc) is 2.59. The molecule has 25 heavy (non-hydrogen) atoms. The first-order valence-electron chi connectivity index (χ1n) is 8.33. The molecule has 3 aromatic rings. The number of ether oxygens (including phenoxy) is 1. The number of aryl methyl sites for hydroxylation is 2. The Labute approximate surface area is 147 Å². The number of rotatable bonds is 5. The fourth-order valence-corrected chi connectivity index (χ4v) is 2.86. The molecule has 0 aliphatic heterocycles. The molecule has 0 fully saturated rings. The van der Waals surface area contributed by atoms with Crippen molar-refractivity contribution in [1.29, 1.82) is 0 Å². The van der Waals surface area contributed by atoms with Gasteiger partial charge in [-0.05, 0) is 37.1 Å². The van der Waals surface area contributed by atoms with E-state index in [1.807, 2.05) is 63.2 Å². The van der Waals surface area contributed by atoms with E-state index in [1.165, 1.54) is 0 Å². The Kier molecular flexibility index (Phi) is 4.93. The van der Waals surface area contributed by atoms with Crippen molar-refractivity contribution < 1.29 is 9.53 Å². The summed E-state index contributed by atoms with van der Waals surface area (Å²) in [5.74, 6) is -0.0877. The zero-order chi connectivity index (χ0) is 17.8. The molecule has 1 heterocycles. The highest BCUT2D eigenvalue weighted by Gasteiger charge is 2.13. The Morgan fingerprint density at radius 3 is 2.44 bits per heavy atom. The molecule has 0 saturated carbocycles. The predicted molar refractivity (Wildman–Crippen MR) is 99.0 cm³/mol. The number of anilines is 1. The summed E-state index contributed by atoms with van der Waals surface area (Å²) in [5, 5.41) is 5.16. The van der Waals surface area contributed by atoms with Crippen LogP contribution in [-0.2, 0) is 11.2 Å². The average molecular weight is 335 g/mol. The monoisotopic (exact) mass is 335 g/mol. The second-order valence-corrected chi connectivity index (χ2v) is 5.85. The van der Waals surface area contributed by atoms with Crippen LogP contribution in [0.15, 0.2) is 42.5 Å². The summed E-state index contributed by atoms with van der Waals surface area (Å²) in [6, 6.07) is 14.4. The summed E-state index contributed by atoms with van der Waals surface area (Å²) in [6.45, 7) is 6.06. The number of aromatic nitrogens is 2. The molecule has 1 N–H and O–H groups in total. The zero-order valence-corrected chi connectivity index (χ0v) is 14.7. The van der Waals surface area contributed by atoms with E-state index in [4.69, 9.17) is 4.74 Å².